The molecule has 0 amide bonds. The summed E-state index contributed by atoms with van der Waals surface area (Å²) in [6.45, 7) is 3.98. The second-order valence-electron chi connectivity index (χ2n) is 3.97. The van der Waals surface area contributed by atoms with Crippen LogP contribution >= 0.6 is 0 Å². The summed E-state index contributed by atoms with van der Waals surface area (Å²) in [6, 6.07) is -0.228. The second-order valence-corrected chi connectivity index (χ2v) is 3.97. The Morgan fingerprint density at radius 1 is 1.25 bits per heavy atom. The zero-order chi connectivity index (χ0) is 11.9. The molecule has 2 N–H and O–H groups in total. The molecule has 1 unspecified atom stereocenters. The first kappa shape index (κ1) is 10.8. The van der Waals surface area contributed by atoms with Crippen LogP contribution in [-0.4, -0.2) is 24.8 Å². The van der Waals surface area contributed by atoms with Crippen LogP contribution in [0.15, 0.2) is 6.20 Å². The van der Waals surface area contributed by atoms with E-state index in [1.807, 2.05) is 32.6 Å². The lowest BCUT2D eigenvalue weighted by atomic mass is 10.0. The zero-order valence-corrected chi connectivity index (χ0v) is 9.97. The van der Waals surface area contributed by atoms with Gasteiger partial charge in [0.05, 0.1) is 23.6 Å². The quantitative estimate of drug-likeness (QED) is 0.785. The largest absolute Gasteiger partial charge is 0.319 e. The number of aryl methyl sites for hydroxylation is 3. The van der Waals surface area contributed by atoms with E-state index in [9.17, 15) is 0 Å². The lowest BCUT2D eigenvalue weighted by molar-refractivity contribution is 0.647. The van der Waals surface area contributed by atoms with Gasteiger partial charge in [0.1, 0.15) is 0 Å². The average Bonchev–Trinajstić information content (AvgIpc) is 2.73. The third-order valence-electron chi connectivity index (χ3n) is 2.94. The van der Waals surface area contributed by atoms with Gasteiger partial charge in [0.2, 0.25) is 0 Å². The maximum atomic E-state index is 6.22. The number of hydrogen-bond donors (Lipinski definition) is 1. The Balaban J connectivity index is 2.49. The highest BCUT2D eigenvalue weighted by Gasteiger charge is 2.20. The zero-order valence-electron chi connectivity index (χ0n) is 9.97. The molecule has 0 aliphatic rings. The van der Waals surface area contributed by atoms with E-state index >= 15 is 0 Å². The average molecular weight is 220 g/mol. The Kier molecular flexibility index (Phi) is 2.51. The predicted octanol–water partition coefficient (Wildman–Crippen LogP) is 0.214. The Labute approximate surface area is 94.1 Å². The fraction of sp³-hybridized carbons (Fsp3) is 0.500. The van der Waals surface area contributed by atoms with E-state index in [2.05, 4.69) is 15.4 Å². The Morgan fingerprint density at radius 3 is 2.38 bits per heavy atom. The van der Waals surface area contributed by atoms with E-state index in [1.165, 1.54) is 0 Å². The van der Waals surface area contributed by atoms with Gasteiger partial charge in [-0.2, -0.15) is 5.10 Å². The van der Waals surface area contributed by atoms with Crippen molar-refractivity contribution in [2.24, 2.45) is 19.8 Å². The van der Waals surface area contributed by atoms with Crippen LogP contribution in [0.1, 0.15) is 28.7 Å². The van der Waals surface area contributed by atoms with Gasteiger partial charge in [0.25, 0.3) is 0 Å². The molecule has 1 atom stereocenters. The first-order valence-electron chi connectivity index (χ1n) is 5.12. The smallest absolute Gasteiger partial charge is 0.0797 e. The third kappa shape index (κ3) is 1.51. The van der Waals surface area contributed by atoms with Crippen molar-refractivity contribution in [1.29, 1.82) is 0 Å². The summed E-state index contributed by atoms with van der Waals surface area (Å²) in [5.74, 6) is 0. The first-order chi connectivity index (χ1) is 7.52. The molecular formula is C10H16N6. The van der Waals surface area contributed by atoms with Gasteiger partial charge < -0.3 is 5.73 Å². The van der Waals surface area contributed by atoms with Crippen LogP contribution in [0.5, 0.6) is 0 Å². The van der Waals surface area contributed by atoms with Crippen LogP contribution in [0.2, 0.25) is 0 Å². The molecule has 0 aliphatic heterocycles. The molecule has 16 heavy (non-hydrogen) atoms. The van der Waals surface area contributed by atoms with Gasteiger partial charge in [-0.1, -0.05) is 5.21 Å². The summed E-state index contributed by atoms with van der Waals surface area (Å²) in [6.07, 6.45) is 1.69. The summed E-state index contributed by atoms with van der Waals surface area (Å²) >= 11 is 0. The first-order valence-corrected chi connectivity index (χ1v) is 5.12. The van der Waals surface area contributed by atoms with Gasteiger partial charge in [-0.3, -0.25) is 9.36 Å². The Hall–Kier alpha value is -1.69. The normalized spacial score (nSPS) is 13.1. The van der Waals surface area contributed by atoms with Crippen molar-refractivity contribution in [1.82, 2.24) is 24.8 Å². The topological polar surface area (TPSA) is 74.6 Å². The summed E-state index contributed by atoms with van der Waals surface area (Å²) in [7, 11) is 3.75. The monoisotopic (exact) mass is 220 g/mol. The molecule has 6 heteroatoms. The Bertz CT molecular complexity index is 509. The highest BCUT2D eigenvalue weighted by Crippen LogP contribution is 2.24. The minimum atomic E-state index is -0.228. The molecular weight excluding hydrogens is 204 g/mol. The maximum Gasteiger partial charge on any atom is 0.0797 e. The van der Waals surface area contributed by atoms with Crippen molar-refractivity contribution in [3.63, 3.8) is 0 Å². The van der Waals surface area contributed by atoms with Gasteiger partial charge in [0.15, 0.2) is 0 Å². The SMILES string of the molecule is Cc1nn(C)c(C)c1C(N)c1cnnn1C. The molecule has 86 valence electrons. The molecule has 0 bridgehead atoms. The van der Waals surface area contributed by atoms with E-state index in [1.54, 1.807) is 10.9 Å². The second kappa shape index (κ2) is 3.71. The third-order valence-corrected chi connectivity index (χ3v) is 2.94. The van der Waals surface area contributed by atoms with Crippen LogP contribution in [-0.2, 0) is 14.1 Å². The number of hydrogen-bond acceptors (Lipinski definition) is 4. The minimum Gasteiger partial charge on any atom is -0.319 e. The molecule has 0 spiro atoms. The summed E-state index contributed by atoms with van der Waals surface area (Å²) in [4.78, 5) is 0. The van der Waals surface area contributed by atoms with Gasteiger partial charge in [-0.25, -0.2) is 0 Å². The van der Waals surface area contributed by atoms with E-state index in [4.69, 9.17) is 5.73 Å². The van der Waals surface area contributed by atoms with E-state index in [0.29, 0.717) is 0 Å². The van der Waals surface area contributed by atoms with Crippen molar-refractivity contribution in [3.8, 4) is 0 Å². The molecule has 0 fully saturated rings. The van der Waals surface area contributed by atoms with Crippen LogP contribution in [0, 0.1) is 13.8 Å². The van der Waals surface area contributed by atoms with E-state index < -0.39 is 0 Å². The van der Waals surface area contributed by atoms with Gasteiger partial charge in [-0.05, 0) is 13.8 Å². The molecule has 2 aromatic heterocycles. The van der Waals surface area contributed by atoms with Crippen molar-refractivity contribution in [2.45, 2.75) is 19.9 Å². The highest BCUT2D eigenvalue weighted by molar-refractivity contribution is 5.33. The fourth-order valence-electron chi connectivity index (χ4n) is 1.97. The predicted molar refractivity (Wildman–Crippen MR) is 59.7 cm³/mol. The lowest BCUT2D eigenvalue weighted by Crippen LogP contribution is -2.17. The van der Waals surface area contributed by atoms with Crippen LogP contribution in [0.4, 0.5) is 0 Å². The van der Waals surface area contributed by atoms with Gasteiger partial charge in [0, 0.05) is 25.4 Å². The van der Waals surface area contributed by atoms with E-state index in [0.717, 1.165) is 22.6 Å². The molecule has 6 nitrogen and oxygen atoms in total. The summed E-state index contributed by atoms with van der Waals surface area (Å²) in [5, 5.41) is 12.1. The van der Waals surface area contributed by atoms with Gasteiger partial charge >= 0.3 is 0 Å². The van der Waals surface area contributed by atoms with Crippen molar-refractivity contribution in [3.05, 3.63) is 28.8 Å². The molecule has 2 aromatic rings. The molecule has 0 aliphatic carbocycles. The molecule has 0 aromatic carbocycles. The number of nitrogens with zero attached hydrogens (tertiary/aromatic N) is 5. The van der Waals surface area contributed by atoms with Crippen LogP contribution < -0.4 is 5.73 Å². The minimum absolute atomic E-state index is 0.228. The number of rotatable bonds is 2. The highest BCUT2D eigenvalue weighted by atomic mass is 15.4. The van der Waals surface area contributed by atoms with Gasteiger partial charge in [-0.15, -0.1) is 5.10 Å². The molecule has 0 radical (unpaired) electrons. The maximum absolute atomic E-state index is 6.22. The van der Waals surface area contributed by atoms with Crippen molar-refractivity contribution >= 4 is 0 Å². The summed E-state index contributed by atoms with van der Waals surface area (Å²) in [5.41, 5.74) is 10.2. The Morgan fingerprint density at radius 2 is 1.94 bits per heavy atom. The molecule has 0 saturated carbocycles. The van der Waals surface area contributed by atoms with E-state index in [-0.39, 0.29) is 6.04 Å². The van der Waals surface area contributed by atoms with Crippen molar-refractivity contribution in [2.75, 3.05) is 0 Å². The van der Waals surface area contributed by atoms with Crippen LogP contribution in [0.25, 0.3) is 0 Å². The molecule has 0 saturated heterocycles. The molecule has 2 rings (SSSR count). The lowest BCUT2D eigenvalue weighted by Gasteiger charge is -2.11. The molecule has 2 heterocycles. The fourth-order valence-corrected chi connectivity index (χ4v) is 1.97. The van der Waals surface area contributed by atoms with Crippen LogP contribution in [0.3, 0.4) is 0 Å². The number of nitrogens with two attached hydrogens (primary N) is 1. The number of aromatic nitrogens is 5. The standard InChI is InChI=1S/C10H16N6/c1-6-9(7(2)15(3)13-6)10(11)8-5-12-14-16(8)4/h5,10H,11H2,1-4H3. The van der Waals surface area contributed by atoms with Crippen molar-refractivity contribution < 1.29 is 0 Å². The summed E-state index contributed by atoms with van der Waals surface area (Å²) < 4.78 is 3.53.